The molecule has 164 valence electrons. The van der Waals surface area contributed by atoms with Gasteiger partial charge < -0.3 is 20.8 Å². The van der Waals surface area contributed by atoms with Gasteiger partial charge in [-0.05, 0) is 30.5 Å². The van der Waals surface area contributed by atoms with E-state index < -0.39 is 29.9 Å². The van der Waals surface area contributed by atoms with Crippen molar-refractivity contribution in [1.29, 1.82) is 0 Å². The van der Waals surface area contributed by atoms with Crippen molar-refractivity contribution in [2.45, 2.75) is 31.6 Å². The molecule has 0 bridgehead atoms. The fourth-order valence-electron chi connectivity index (χ4n) is 1.68. The van der Waals surface area contributed by atoms with Gasteiger partial charge in [-0.25, -0.2) is 4.79 Å². The van der Waals surface area contributed by atoms with Gasteiger partial charge in [-0.2, -0.15) is 26.3 Å². The zero-order valence-electron chi connectivity index (χ0n) is 14.8. The van der Waals surface area contributed by atoms with Gasteiger partial charge >= 0.3 is 24.3 Å². The number of carbonyl (C=O) groups is 2. The maximum Gasteiger partial charge on any atom is 0.490 e. The smallest absolute Gasteiger partial charge is 0.481 e. The number of nitrogens with two attached hydrogens (primary N) is 1. The Morgan fingerprint density at radius 1 is 1.00 bits per heavy atom. The summed E-state index contributed by atoms with van der Waals surface area (Å²) in [4.78, 5) is 24.4. The normalized spacial score (nSPS) is 12.0. The van der Waals surface area contributed by atoms with Crippen LogP contribution in [-0.2, 0) is 20.6 Å². The largest absolute Gasteiger partial charge is 0.490 e. The highest BCUT2D eigenvalue weighted by Gasteiger charge is 2.38. The second-order valence-corrected chi connectivity index (χ2v) is 5.29. The van der Waals surface area contributed by atoms with E-state index in [1.165, 1.54) is 12.1 Å². The molecule has 0 radical (unpaired) electrons. The molecule has 13 heteroatoms. The van der Waals surface area contributed by atoms with Gasteiger partial charge in [0.15, 0.2) is 0 Å². The van der Waals surface area contributed by atoms with Crippen LogP contribution in [0.3, 0.4) is 0 Å². The molecule has 0 saturated carbocycles. The number of hydrogen-bond acceptors (Lipinski definition) is 5. The van der Waals surface area contributed by atoms with Crippen molar-refractivity contribution in [2.24, 2.45) is 10.9 Å². The lowest BCUT2D eigenvalue weighted by molar-refractivity contribution is -0.192. The number of nitrogens with zero attached hydrogens (tertiary/aromatic N) is 1. The van der Waals surface area contributed by atoms with Crippen molar-refractivity contribution < 1.29 is 51.0 Å². The zero-order valence-corrected chi connectivity index (χ0v) is 14.8. The van der Waals surface area contributed by atoms with Crippen molar-refractivity contribution in [3.05, 3.63) is 35.4 Å². The minimum absolute atomic E-state index is 0.0590. The van der Waals surface area contributed by atoms with Gasteiger partial charge in [0.2, 0.25) is 0 Å². The van der Waals surface area contributed by atoms with E-state index in [2.05, 4.69) is 5.16 Å². The van der Waals surface area contributed by atoms with Crippen LogP contribution in [0, 0.1) is 0 Å². The van der Waals surface area contributed by atoms with E-state index in [0.29, 0.717) is 17.7 Å². The first-order valence-corrected chi connectivity index (χ1v) is 7.87. The molecule has 1 aromatic carbocycles. The Morgan fingerprint density at radius 3 is 1.90 bits per heavy atom. The molecular formula is C16H18F6N2O5. The molecule has 0 aliphatic carbocycles. The van der Waals surface area contributed by atoms with Gasteiger partial charge in [-0.3, -0.25) is 4.79 Å². The first-order valence-electron chi connectivity index (χ1n) is 7.87. The van der Waals surface area contributed by atoms with Crippen molar-refractivity contribution in [1.82, 2.24) is 0 Å². The SMILES string of the molecule is NCCO/N=C(\CCCC(=O)O)c1ccc(C(F)(F)F)cc1.O=C(O)C(F)(F)F. The highest BCUT2D eigenvalue weighted by molar-refractivity contribution is 6.00. The van der Waals surface area contributed by atoms with Crippen LogP contribution in [0.4, 0.5) is 26.3 Å². The lowest BCUT2D eigenvalue weighted by Gasteiger charge is -2.09. The summed E-state index contributed by atoms with van der Waals surface area (Å²) in [5.74, 6) is -3.71. The molecule has 4 N–H and O–H groups in total. The van der Waals surface area contributed by atoms with Crippen LogP contribution in [0.25, 0.3) is 0 Å². The van der Waals surface area contributed by atoms with Crippen LogP contribution in [0.1, 0.15) is 30.4 Å². The molecule has 0 amide bonds. The van der Waals surface area contributed by atoms with E-state index in [1.807, 2.05) is 0 Å². The van der Waals surface area contributed by atoms with E-state index in [1.54, 1.807) is 0 Å². The molecule has 0 saturated heterocycles. The van der Waals surface area contributed by atoms with Crippen molar-refractivity contribution in [3.8, 4) is 0 Å². The third kappa shape index (κ3) is 11.6. The monoisotopic (exact) mass is 432 g/mol. The second-order valence-electron chi connectivity index (χ2n) is 5.29. The van der Waals surface area contributed by atoms with E-state index >= 15 is 0 Å². The molecule has 0 aromatic heterocycles. The summed E-state index contributed by atoms with van der Waals surface area (Å²) < 4.78 is 69.3. The predicted molar refractivity (Wildman–Crippen MR) is 88.2 cm³/mol. The molecule has 0 fully saturated rings. The predicted octanol–water partition coefficient (Wildman–Crippen LogP) is 3.27. The number of hydrogen-bond donors (Lipinski definition) is 3. The summed E-state index contributed by atoms with van der Waals surface area (Å²) in [7, 11) is 0. The van der Waals surface area contributed by atoms with Crippen LogP contribution < -0.4 is 5.73 Å². The maximum atomic E-state index is 12.5. The molecule has 29 heavy (non-hydrogen) atoms. The molecule has 0 aliphatic rings. The highest BCUT2D eigenvalue weighted by atomic mass is 19.4. The summed E-state index contributed by atoms with van der Waals surface area (Å²) in [6, 6.07) is 4.47. The van der Waals surface area contributed by atoms with E-state index in [9.17, 15) is 31.1 Å². The van der Waals surface area contributed by atoms with E-state index in [0.717, 1.165) is 12.1 Å². The Balaban J connectivity index is 0.000000956. The van der Waals surface area contributed by atoms with Crippen molar-refractivity contribution in [3.63, 3.8) is 0 Å². The van der Waals surface area contributed by atoms with Crippen LogP contribution >= 0.6 is 0 Å². The average molecular weight is 432 g/mol. The van der Waals surface area contributed by atoms with Crippen molar-refractivity contribution >= 4 is 17.7 Å². The summed E-state index contributed by atoms with van der Waals surface area (Å²) >= 11 is 0. The van der Waals surface area contributed by atoms with Gasteiger partial charge in [0.1, 0.15) is 6.61 Å². The second kappa shape index (κ2) is 11.9. The summed E-state index contributed by atoms with van der Waals surface area (Å²) in [5, 5.41) is 19.6. The maximum absolute atomic E-state index is 12.5. The van der Waals surface area contributed by atoms with Gasteiger partial charge in [-0.1, -0.05) is 17.3 Å². The highest BCUT2D eigenvalue weighted by Crippen LogP contribution is 2.29. The molecule has 7 nitrogen and oxygen atoms in total. The van der Waals surface area contributed by atoms with Crippen molar-refractivity contribution in [2.75, 3.05) is 13.2 Å². The molecule has 0 heterocycles. The summed E-state index contributed by atoms with van der Waals surface area (Å²) in [6.45, 7) is 0.419. The Bertz CT molecular complexity index is 687. The number of carboxylic acids is 2. The molecular weight excluding hydrogens is 414 g/mol. The van der Waals surface area contributed by atoms with Gasteiger partial charge in [0.05, 0.1) is 11.3 Å². The zero-order chi connectivity index (χ0) is 22.7. The third-order valence-corrected chi connectivity index (χ3v) is 2.98. The number of carboxylic acid groups (broad SMARTS) is 2. The summed E-state index contributed by atoms with van der Waals surface area (Å²) in [6.07, 6.45) is -8.96. The third-order valence-electron chi connectivity index (χ3n) is 2.98. The lowest BCUT2D eigenvalue weighted by Crippen LogP contribution is -2.21. The molecule has 0 aliphatic heterocycles. The molecule has 0 unspecified atom stereocenters. The van der Waals surface area contributed by atoms with Crippen LogP contribution in [0.2, 0.25) is 0 Å². The lowest BCUT2D eigenvalue weighted by atomic mass is 10.0. The number of rotatable bonds is 8. The Kier molecular flexibility index (Phi) is 10.7. The minimum Gasteiger partial charge on any atom is -0.481 e. The van der Waals surface area contributed by atoms with E-state index in [4.69, 9.17) is 25.6 Å². The molecule has 1 rings (SSSR count). The quantitative estimate of drug-likeness (QED) is 0.251. The fraction of sp³-hybridized carbons (Fsp3) is 0.438. The number of alkyl halides is 6. The van der Waals surface area contributed by atoms with Crippen LogP contribution in [0.15, 0.2) is 29.4 Å². The number of aliphatic carboxylic acids is 2. The molecule has 0 atom stereocenters. The summed E-state index contributed by atoms with van der Waals surface area (Å²) in [5.41, 5.74) is 5.35. The minimum atomic E-state index is -5.08. The van der Waals surface area contributed by atoms with Gasteiger partial charge in [0.25, 0.3) is 0 Å². The van der Waals surface area contributed by atoms with Gasteiger partial charge in [0, 0.05) is 13.0 Å². The van der Waals surface area contributed by atoms with Gasteiger partial charge in [-0.15, -0.1) is 0 Å². The number of oxime groups is 1. The Labute approximate surface area is 160 Å². The topological polar surface area (TPSA) is 122 Å². The molecule has 0 spiro atoms. The van der Waals surface area contributed by atoms with Crippen LogP contribution in [0.5, 0.6) is 0 Å². The first-order chi connectivity index (χ1) is 13.3. The van der Waals surface area contributed by atoms with Crippen LogP contribution in [-0.4, -0.2) is 47.2 Å². The first kappa shape index (κ1) is 26.2. The Morgan fingerprint density at radius 2 is 1.52 bits per heavy atom. The average Bonchev–Trinajstić information content (AvgIpc) is 2.59. The Hall–Kier alpha value is -2.83. The number of benzene rings is 1. The standard InChI is InChI=1S/C14H17F3N2O3.C2HF3O2/c15-14(16,17)11-6-4-10(5-7-11)12(19-22-9-8-18)2-1-3-13(20)21;3-2(4,5)1(6)7/h4-7H,1-3,8-9,18H2,(H,20,21);(H,6,7)/b19-12+;. The number of halogens is 6. The fourth-order valence-corrected chi connectivity index (χ4v) is 1.68. The van der Waals surface area contributed by atoms with E-state index in [-0.39, 0.29) is 26.0 Å². The molecule has 1 aromatic rings.